The van der Waals surface area contributed by atoms with Crippen LogP contribution in [-0.4, -0.2) is 19.1 Å². The van der Waals surface area contributed by atoms with Gasteiger partial charge in [-0.3, -0.25) is 4.79 Å². The Morgan fingerprint density at radius 1 is 1.35 bits per heavy atom. The second kappa shape index (κ2) is 6.54. The Bertz CT molecular complexity index is 550. The first-order valence-electron chi connectivity index (χ1n) is 6.35. The molecule has 0 saturated carbocycles. The minimum atomic E-state index is -0.530. The number of amides is 1. The van der Waals surface area contributed by atoms with E-state index in [1.807, 2.05) is 41.8 Å². The SMILES string of the molecule is COc1ccc(N(Cc2cccs2)C(=O)[C@@H](C)N)cc1. The Morgan fingerprint density at radius 2 is 2.05 bits per heavy atom. The van der Waals surface area contributed by atoms with Crippen molar-refractivity contribution in [3.63, 3.8) is 0 Å². The third-order valence-corrected chi connectivity index (χ3v) is 3.79. The van der Waals surface area contributed by atoms with E-state index in [2.05, 4.69) is 0 Å². The van der Waals surface area contributed by atoms with Gasteiger partial charge in [-0.05, 0) is 42.6 Å². The van der Waals surface area contributed by atoms with Crippen LogP contribution in [0.3, 0.4) is 0 Å². The van der Waals surface area contributed by atoms with Gasteiger partial charge >= 0.3 is 0 Å². The van der Waals surface area contributed by atoms with Crippen molar-refractivity contribution >= 4 is 22.9 Å². The Balaban J connectivity index is 2.27. The highest BCUT2D eigenvalue weighted by atomic mass is 32.1. The minimum Gasteiger partial charge on any atom is -0.497 e. The molecule has 0 aliphatic carbocycles. The largest absolute Gasteiger partial charge is 0.497 e. The number of hydrogen-bond donors (Lipinski definition) is 1. The predicted molar refractivity (Wildman–Crippen MR) is 82.2 cm³/mol. The summed E-state index contributed by atoms with van der Waals surface area (Å²) in [6.07, 6.45) is 0. The van der Waals surface area contributed by atoms with Gasteiger partial charge in [-0.1, -0.05) is 6.07 Å². The van der Waals surface area contributed by atoms with Gasteiger partial charge in [-0.15, -0.1) is 11.3 Å². The Labute approximate surface area is 122 Å². The molecule has 0 spiro atoms. The molecular weight excluding hydrogens is 272 g/mol. The van der Waals surface area contributed by atoms with Gasteiger partial charge in [-0.2, -0.15) is 0 Å². The van der Waals surface area contributed by atoms with Gasteiger partial charge in [-0.25, -0.2) is 0 Å². The molecule has 20 heavy (non-hydrogen) atoms. The lowest BCUT2D eigenvalue weighted by Crippen LogP contribution is -2.41. The van der Waals surface area contributed by atoms with Gasteiger partial charge in [0.1, 0.15) is 5.75 Å². The lowest BCUT2D eigenvalue weighted by Gasteiger charge is -2.24. The maximum Gasteiger partial charge on any atom is 0.243 e. The van der Waals surface area contributed by atoms with E-state index in [0.29, 0.717) is 6.54 Å². The summed E-state index contributed by atoms with van der Waals surface area (Å²) in [6, 6.07) is 10.9. The fourth-order valence-electron chi connectivity index (χ4n) is 1.86. The zero-order chi connectivity index (χ0) is 14.5. The topological polar surface area (TPSA) is 55.6 Å². The lowest BCUT2D eigenvalue weighted by atomic mass is 10.2. The highest BCUT2D eigenvalue weighted by Crippen LogP contribution is 2.23. The number of nitrogens with zero attached hydrogens (tertiary/aromatic N) is 1. The normalized spacial score (nSPS) is 11.9. The molecule has 2 rings (SSSR count). The summed E-state index contributed by atoms with van der Waals surface area (Å²) in [6.45, 7) is 2.23. The number of thiophene rings is 1. The second-order valence-corrected chi connectivity index (χ2v) is 5.52. The van der Waals surface area contributed by atoms with E-state index in [4.69, 9.17) is 10.5 Å². The summed E-state index contributed by atoms with van der Waals surface area (Å²) in [7, 11) is 1.62. The monoisotopic (exact) mass is 290 g/mol. The Hall–Kier alpha value is -1.85. The number of methoxy groups -OCH3 is 1. The van der Waals surface area contributed by atoms with Crippen molar-refractivity contribution < 1.29 is 9.53 Å². The standard InChI is InChI=1S/C15H18N2O2S/c1-11(16)15(18)17(10-14-4-3-9-20-14)12-5-7-13(19-2)8-6-12/h3-9,11H,10,16H2,1-2H3/t11-/m1/s1. The second-order valence-electron chi connectivity index (χ2n) is 4.49. The summed E-state index contributed by atoms with van der Waals surface area (Å²) in [5.41, 5.74) is 6.57. The first-order chi connectivity index (χ1) is 9.61. The number of anilines is 1. The van der Waals surface area contributed by atoms with Crippen LogP contribution in [-0.2, 0) is 11.3 Å². The van der Waals surface area contributed by atoms with Crippen molar-refractivity contribution in [3.8, 4) is 5.75 Å². The number of rotatable bonds is 5. The van der Waals surface area contributed by atoms with Gasteiger partial charge in [0.15, 0.2) is 0 Å². The average Bonchev–Trinajstić information content (AvgIpc) is 2.97. The molecule has 1 atom stereocenters. The molecule has 1 aromatic carbocycles. The van der Waals surface area contributed by atoms with Crippen molar-refractivity contribution in [1.82, 2.24) is 0 Å². The Kier molecular flexibility index (Phi) is 4.76. The van der Waals surface area contributed by atoms with Crippen LogP contribution in [0.5, 0.6) is 5.75 Å². The summed E-state index contributed by atoms with van der Waals surface area (Å²) >= 11 is 1.62. The summed E-state index contributed by atoms with van der Waals surface area (Å²) in [4.78, 5) is 15.1. The number of ether oxygens (including phenoxy) is 1. The molecular formula is C15H18N2O2S. The molecule has 4 nitrogen and oxygen atoms in total. The molecule has 2 N–H and O–H groups in total. The predicted octanol–water partition coefficient (Wildman–Crippen LogP) is 2.64. The van der Waals surface area contributed by atoms with Crippen LogP contribution in [0, 0.1) is 0 Å². The highest BCUT2D eigenvalue weighted by molar-refractivity contribution is 7.09. The summed E-state index contributed by atoms with van der Waals surface area (Å²) < 4.78 is 5.14. The van der Waals surface area contributed by atoms with E-state index in [9.17, 15) is 4.79 Å². The molecule has 1 heterocycles. The van der Waals surface area contributed by atoms with Crippen LogP contribution in [0.4, 0.5) is 5.69 Å². The highest BCUT2D eigenvalue weighted by Gasteiger charge is 2.20. The maximum absolute atomic E-state index is 12.3. The molecule has 0 unspecified atom stereocenters. The van der Waals surface area contributed by atoms with Gasteiger partial charge in [0.2, 0.25) is 5.91 Å². The van der Waals surface area contributed by atoms with Crippen LogP contribution < -0.4 is 15.4 Å². The fourth-order valence-corrected chi connectivity index (χ4v) is 2.56. The summed E-state index contributed by atoms with van der Waals surface area (Å²) in [5.74, 6) is 0.668. The van der Waals surface area contributed by atoms with Crippen LogP contribution in [0.1, 0.15) is 11.8 Å². The first-order valence-corrected chi connectivity index (χ1v) is 7.23. The van der Waals surface area contributed by atoms with E-state index in [0.717, 1.165) is 16.3 Å². The zero-order valence-electron chi connectivity index (χ0n) is 11.6. The van der Waals surface area contributed by atoms with E-state index < -0.39 is 6.04 Å². The quantitative estimate of drug-likeness (QED) is 0.921. The molecule has 0 aliphatic rings. The van der Waals surface area contributed by atoms with Crippen LogP contribution in [0.15, 0.2) is 41.8 Å². The number of nitrogens with two attached hydrogens (primary N) is 1. The van der Waals surface area contributed by atoms with Crippen molar-refractivity contribution in [3.05, 3.63) is 46.7 Å². The zero-order valence-corrected chi connectivity index (χ0v) is 12.4. The first kappa shape index (κ1) is 14.6. The van der Waals surface area contributed by atoms with Gasteiger partial charge in [0.05, 0.1) is 19.7 Å². The molecule has 0 saturated heterocycles. The van der Waals surface area contributed by atoms with E-state index in [1.54, 1.807) is 30.3 Å². The molecule has 0 radical (unpaired) electrons. The number of benzene rings is 1. The third kappa shape index (κ3) is 3.37. The van der Waals surface area contributed by atoms with E-state index >= 15 is 0 Å². The van der Waals surface area contributed by atoms with E-state index in [-0.39, 0.29) is 5.91 Å². The average molecular weight is 290 g/mol. The van der Waals surface area contributed by atoms with Gasteiger partial charge in [0, 0.05) is 10.6 Å². The lowest BCUT2D eigenvalue weighted by molar-refractivity contribution is -0.119. The minimum absolute atomic E-state index is 0.0939. The van der Waals surface area contributed by atoms with Gasteiger partial charge in [0.25, 0.3) is 0 Å². The molecule has 0 bridgehead atoms. The van der Waals surface area contributed by atoms with Crippen molar-refractivity contribution in [2.75, 3.05) is 12.0 Å². The molecule has 1 aromatic heterocycles. The number of carbonyl (C=O) groups is 1. The van der Waals surface area contributed by atoms with Crippen molar-refractivity contribution in [2.45, 2.75) is 19.5 Å². The molecule has 5 heteroatoms. The maximum atomic E-state index is 12.3. The van der Waals surface area contributed by atoms with Crippen molar-refractivity contribution in [2.24, 2.45) is 5.73 Å². The molecule has 0 aliphatic heterocycles. The van der Waals surface area contributed by atoms with Gasteiger partial charge < -0.3 is 15.4 Å². The van der Waals surface area contributed by atoms with Crippen molar-refractivity contribution in [1.29, 1.82) is 0 Å². The number of hydrogen-bond acceptors (Lipinski definition) is 4. The number of carbonyl (C=O) groups excluding carboxylic acids is 1. The van der Waals surface area contributed by atoms with Crippen LogP contribution in [0.25, 0.3) is 0 Å². The summed E-state index contributed by atoms with van der Waals surface area (Å²) in [5, 5.41) is 2.00. The van der Waals surface area contributed by atoms with Crippen LogP contribution in [0.2, 0.25) is 0 Å². The smallest absolute Gasteiger partial charge is 0.243 e. The molecule has 1 amide bonds. The molecule has 0 fully saturated rings. The third-order valence-electron chi connectivity index (χ3n) is 2.93. The molecule has 2 aromatic rings. The molecule has 106 valence electrons. The van der Waals surface area contributed by atoms with E-state index in [1.165, 1.54) is 0 Å². The Morgan fingerprint density at radius 3 is 2.55 bits per heavy atom. The van der Waals surface area contributed by atoms with Crippen LogP contribution >= 0.6 is 11.3 Å². The fraction of sp³-hybridized carbons (Fsp3) is 0.267.